The summed E-state index contributed by atoms with van der Waals surface area (Å²) in [6.07, 6.45) is 0.737. The van der Waals surface area contributed by atoms with Gasteiger partial charge in [-0.05, 0) is 76.4 Å². The zero-order valence-electron chi connectivity index (χ0n) is 23.9. The minimum atomic E-state index is -4.16. The molecule has 9 heteroatoms. The molecule has 214 valence electrons. The second-order valence-electron chi connectivity index (χ2n) is 10.2. The molecular weight excluding hydrogens is 546 g/mol. The molecule has 7 nitrogen and oxygen atoms in total. The van der Waals surface area contributed by atoms with Gasteiger partial charge >= 0.3 is 0 Å². The zero-order valence-corrected chi connectivity index (χ0v) is 25.5. The second-order valence-corrected chi connectivity index (χ2v) is 12.5. The highest BCUT2D eigenvalue weighted by atomic mass is 35.5. The van der Waals surface area contributed by atoms with Gasteiger partial charge in [0.2, 0.25) is 11.8 Å². The Morgan fingerprint density at radius 2 is 1.48 bits per heavy atom. The molecule has 0 aliphatic heterocycles. The third-order valence-corrected chi connectivity index (χ3v) is 9.22. The number of halogens is 1. The lowest BCUT2D eigenvalue weighted by molar-refractivity contribution is -0.139. The molecule has 1 N–H and O–H groups in total. The van der Waals surface area contributed by atoms with Crippen molar-refractivity contribution in [2.75, 3.05) is 10.8 Å². The number of sulfonamides is 1. The fourth-order valence-corrected chi connectivity index (χ4v) is 5.80. The number of nitrogens with zero attached hydrogens (tertiary/aromatic N) is 2. The molecule has 0 unspecified atom stereocenters. The van der Waals surface area contributed by atoms with E-state index in [9.17, 15) is 18.0 Å². The normalized spacial score (nSPS) is 12.9. The average molecular weight is 584 g/mol. The van der Waals surface area contributed by atoms with E-state index >= 15 is 0 Å². The lowest BCUT2D eigenvalue weighted by Crippen LogP contribution is -2.52. The minimum Gasteiger partial charge on any atom is -0.352 e. The van der Waals surface area contributed by atoms with Crippen LogP contribution in [0.2, 0.25) is 5.02 Å². The van der Waals surface area contributed by atoms with Crippen LogP contribution in [0.25, 0.3) is 0 Å². The molecule has 0 saturated heterocycles. The van der Waals surface area contributed by atoms with Crippen LogP contribution in [-0.2, 0) is 26.2 Å². The topological polar surface area (TPSA) is 86.8 Å². The summed E-state index contributed by atoms with van der Waals surface area (Å²) in [5, 5.41) is 3.32. The molecule has 3 aromatic carbocycles. The Bertz CT molecular complexity index is 1440. The van der Waals surface area contributed by atoms with Gasteiger partial charge in [-0.3, -0.25) is 13.9 Å². The van der Waals surface area contributed by atoms with Crippen LogP contribution < -0.4 is 9.62 Å². The summed E-state index contributed by atoms with van der Waals surface area (Å²) in [5.74, 6) is -0.816. The largest absolute Gasteiger partial charge is 0.352 e. The van der Waals surface area contributed by atoms with Gasteiger partial charge in [0.25, 0.3) is 10.0 Å². The molecule has 0 aliphatic rings. The van der Waals surface area contributed by atoms with Gasteiger partial charge in [-0.25, -0.2) is 8.42 Å². The Kier molecular flexibility index (Phi) is 10.4. The number of benzene rings is 3. The summed E-state index contributed by atoms with van der Waals surface area (Å²) >= 11 is 6.38. The molecule has 3 rings (SSSR count). The van der Waals surface area contributed by atoms with Crippen LogP contribution in [0.5, 0.6) is 0 Å². The summed E-state index contributed by atoms with van der Waals surface area (Å²) in [4.78, 5) is 28.7. The summed E-state index contributed by atoms with van der Waals surface area (Å²) in [5.41, 5.74) is 3.63. The van der Waals surface area contributed by atoms with Crippen LogP contribution in [-0.4, -0.2) is 43.8 Å². The number of rotatable bonds is 11. The number of nitrogens with one attached hydrogen (secondary N) is 1. The molecule has 2 atom stereocenters. The molecule has 0 fully saturated rings. The van der Waals surface area contributed by atoms with Gasteiger partial charge in [-0.15, -0.1) is 0 Å². The molecular formula is C31H38ClN3O4S. The molecule has 0 heterocycles. The van der Waals surface area contributed by atoms with E-state index < -0.39 is 28.5 Å². The molecule has 0 aliphatic carbocycles. The SMILES string of the molecule is CC[C@@H](C)NC(=O)[C@@H](C)N(Cc1ccc(C)cc1)C(=O)CN(c1cccc(Cl)c1C)S(=O)(=O)c1ccc(C)cc1. The number of amides is 2. The van der Waals surface area contributed by atoms with Crippen LogP contribution in [0.4, 0.5) is 5.69 Å². The van der Waals surface area contributed by atoms with Crippen molar-refractivity contribution in [3.8, 4) is 0 Å². The first-order valence-corrected chi connectivity index (χ1v) is 15.2. The van der Waals surface area contributed by atoms with Crippen LogP contribution >= 0.6 is 11.6 Å². The van der Waals surface area contributed by atoms with E-state index in [1.54, 1.807) is 44.2 Å². The number of anilines is 1. The van der Waals surface area contributed by atoms with E-state index in [1.807, 2.05) is 52.0 Å². The van der Waals surface area contributed by atoms with Gasteiger partial charge in [0.1, 0.15) is 12.6 Å². The van der Waals surface area contributed by atoms with Crippen molar-refractivity contribution in [2.24, 2.45) is 0 Å². The standard InChI is InChI=1S/C31H38ClN3O4S/c1-7-23(4)33-31(37)25(6)34(19-26-15-11-21(2)12-16-26)30(36)20-35(29-10-8-9-28(32)24(29)5)40(38,39)27-17-13-22(3)14-18-27/h8-18,23,25H,7,19-20H2,1-6H3,(H,33,37)/t23-,25-/m1/s1. The summed E-state index contributed by atoms with van der Waals surface area (Å²) in [6, 6.07) is 18.2. The fourth-order valence-electron chi connectivity index (χ4n) is 4.16. The van der Waals surface area contributed by atoms with E-state index in [0.29, 0.717) is 16.3 Å². The Morgan fingerprint density at radius 3 is 2.05 bits per heavy atom. The minimum absolute atomic E-state index is 0.0536. The van der Waals surface area contributed by atoms with Gasteiger partial charge in [0, 0.05) is 17.6 Å². The molecule has 0 spiro atoms. The maximum absolute atomic E-state index is 14.0. The fraction of sp³-hybridized carbons (Fsp3) is 0.355. The third-order valence-electron chi connectivity index (χ3n) is 7.04. The van der Waals surface area contributed by atoms with Gasteiger partial charge in [0.05, 0.1) is 10.6 Å². The quantitative estimate of drug-likeness (QED) is 0.309. The first kappa shape index (κ1) is 31.2. The monoisotopic (exact) mass is 583 g/mol. The van der Waals surface area contributed by atoms with E-state index in [1.165, 1.54) is 17.0 Å². The van der Waals surface area contributed by atoms with Crippen molar-refractivity contribution in [3.63, 3.8) is 0 Å². The van der Waals surface area contributed by atoms with E-state index in [-0.39, 0.29) is 23.4 Å². The molecule has 3 aromatic rings. The lowest BCUT2D eigenvalue weighted by atomic mass is 10.1. The Labute approximate surface area is 243 Å². The van der Waals surface area contributed by atoms with Crippen molar-refractivity contribution in [2.45, 2.75) is 71.5 Å². The highest BCUT2D eigenvalue weighted by Gasteiger charge is 2.33. The molecule has 0 saturated carbocycles. The van der Waals surface area contributed by atoms with Gasteiger partial charge in [-0.2, -0.15) is 0 Å². The zero-order chi connectivity index (χ0) is 29.6. The van der Waals surface area contributed by atoms with Crippen molar-refractivity contribution in [1.29, 1.82) is 0 Å². The van der Waals surface area contributed by atoms with Crippen LogP contribution in [0.1, 0.15) is 49.4 Å². The highest BCUT2D eigenvalue weighted by Crippen LogP contribution is 2.31. The number of hydrogen-bond donors (Lipinski definition) is 1. The maximum atomic E-state index is 14.0. The molecule has 0 bridgehead atoms. The third kappa shape index (κ3) is 7.43. The van der Waals surface area contributed by atoms with E-state index in [2.05, 4.69) is 5.32 Å². The van der Waals surface area contributed by atoms with Crippen LogP contribution in [0.3, 0.4) is 0 Å². The first-order valence-electron chi connectivity index (χ1n) is 13.3. The van der Waals surface area contributed by atoms with Crippen molar-refractivity contribution in [3.05, 3.63) is 94.0 Å². The number of hydrogen-bond acceptors (Lipinski definition) is 4. The van der Waals surface area contributed by atoms with Crippen molar-refractivity contribution < 1.29 is 18.0 Å². The lowest BCUT2D eigenvalue weighted by Gasteiger charge is -2.33. The number of aryl methyl sites for hydroxylation is 2. The van der Waals surface area contributed by atoms with E-state index in [0.717, 1.165) is 27.4 Å². The smallest absolute Gasteiger partial charge is 0.264 e. The second kappa shape index (κ2) is 13.3. The Balaban J connectivity index is 2.06. The summed E-state index contributed by atoms with van der Waals surface area (Å²) < 4.78 is 29.1. The van der Waals surface area contributed by atoms with E-state index in [4.69, 9.17) is 11.6 Å². The average Bonchev–Trinajstić information content (AvgIpc) is 2.92. The van der Waals surface area contributed by atoms with Gasteiger partial charge in [0.15, 0.2) is 0 Å². The predicted octanol–water partition coefficient (Wildman–Crippen LogP) is 5.79. The Morgan fingerprint density at radius 1 is 0.900 bits per heavy atom. The summed E-state index contributed by atoms with van der Waals surface area (Å²) in [6.45, 7) is 10.7. The van der Waals surface area contributed by atoms with Crippen LogP contribution in [0.15, 0.2) is 71.6 Å². The van der Waals surface area contributed by atoms with Crippen molar-refractivity contribution in [1.82, 2.24) is 10.2 Å². The number of carbonyl (C=O) groups excluding carboxylic acids is 2. The van der Waals surface area contributed by atoms with Crippen molar-refractivity contribution >= 4 is 39.1 Å². The Hall–Kier alpha value is -3.36. The molecule has 40 heavy (non-hydrogen) atoms. The van der Waals surface area contributed by atoms with Gasteiger partial charge < -0.3 is 10.2 Å². The van der Waals surface area contributed by atoms with Gasteiger partial charge in [-0.1, -0.05) is 72.1 Å². The highest BCUT2D eigenvalue weighted by molar-refractivity contribution is 7.92. The predicted molar refractivity (Wildman–Crippen MR) is 161 cm³/mol. The van der Waals surface area contributed by atoms with Crippen LogP contribution in [0, 0.1) is 20.8 Å². The molecule has 0 aromatic heterocycles. The number of carbonyl (C=O) groups is 2. The molecule has 2 amide bonds. The first-order chi connectivity index (χ1) is 18.8. The maximum Gasteiger partial charge on any atom is 0.264 e. The molecule has 0 radical (unpaired) electrons. The summed E-state index contributed by atoms with van der Waals surface area (Å²) in [7, 11) is -4.16.